The maximum absolute atomic E-state index is 14.6. The molecule has 1 aliphatic heterocycles. The number of pyridine rings is 1. The summed E-state index contributed by atoms with van der Waals surface area (Å²) in [7, 11) is 0. The van der Waals surface area contributed by atoms with Crippen LogP contribution in [-0.2, 0) is 11.4 Å². The third-order valence-electron chi connectivity index (χ3n) is 5.17. The molecule has 0 spiro atoms. The summed E-state index contributed by atoms with van der Waals surface area (Å²) >= 11 is 12.3. The number of oxime groups is 1. The molecule has 0 saturated carbocycles. The summed E-state index contributed by atoms with van der Waals surface area (Å²) in [6, 6.07) is 17.3. The van der Waals surface area contributed by atoms with Crippen LogP contribution >= 0.6 is 23.2 Å². The van der Waals surface area contributed by atoms with Crippen LogP contribution in [-0.4, -0.2) is 15.7 Å². The average Bonchev–Trinajstić information content (AvgIpc) is 3.47. The molecule has 0 saturated heterocycles. The molecular weight excluding hydrogens is 452 g/mol. The normalized spacial score (nSPS) is 15.5. The summed E-state index contributed by atoms with van der Waals surface area (Å²) in [4.78, 5) is 12.0. The van der Waals surface area contributed by atoms with Gasteiger partial charge in [0.2, 0.25) is 12.1 Å². The van der Waals surface area contributed by atoms with Crippen LogP contribution in [0.5, 0.6) is 0 Å². The van der Waals surface area contributed by atoms with Crippen molar-refractivity contribution in [1.29, 1.82) is 0 Å². The molecule has 0 aliphatic carbocycles. The zero-order chi connectivity index (χ0) is 22.1. The minimum Gasteiger partial charge on any atom is -0.461 e. The first kappa shape index (κ1) is 20.5. The van der Waals surface area contributed by atoms with Crippen molar-refractivity contribution in [2.75, 3.05) is 0 Å². The molecule has 0 amide bonds. The Morgan fingerprint density at radius 2 is 1.84 bits per heavy atom. The van der Waals surface area contributed by atoms with Crippen LogP contribution in [0, 0.1) is 5.82 Å². The molecule has 0 fully saturated rings. The van der Waals surface area contributed by atoms with Crippen molar-refractivity contribution in [3.05, 3.63) is 112 Å². The van der Waals surface area contributed by atoms with E-state index < -0.39 is 6.23 Å². The topological polar surface area (TPSA) is 50.9 Å². The highest BCUT2D eigenvalue weighted by Crippen LogP contribution is 2.36. The molecule has 160 valence electrons. The van der Waals surface area contributed by atoms with Gasteiger partial charge in [0.1, 0.15) is 5.82 Å². The van der Waals surface area contributed by atoms with E-state index in [1.165, 1.54) is 6.07 Å². The predicted molar refractivity (Wildman–Crippen MR) is 121 cm³/mol. The fraction of sp³-hybridized carbons (Fsp3) is 0.0833. The van der Waals surface area contributed by atoms with Gasteiger partial charge in [-0.25, -0.2) is 4.39 Å². The van der Waals surface area contributed by atoms with Gasteiger partial charge in [-0.15, -0.1) is 0 Å². The van der Waals surface area contributed by atoms with Gasteiger partial charge in [0.15, 0.2) is 5.76 Å². The van der Waals surface area contributed by atoms with Crippen LogP contribution in [0.4, 0.5) is 4.39 Å². The van der Waals surface area contributed by atoms with Crippen molar-refractivity contribution in [3.8, 4) is 11.1 Å². The van der Waals surface area contributed by atoms with Gasteiger partial charge >= 0.3 is 0 Å². The number of aromatic nitrogens is 1. The summed E-state index contributed by atoms with van der Waals surface area (Å²) in [5.41, 5.74) is 2.79. The Hall–Kier alpha value is -3.35. The molecule has 2 aromatic heterocycles. The highest BCUT2D eigenvalue weighted by Gasteiger charge is 2.34. The lowest BCUT2D eigenvalue weighted by atomic mass is 10.0. The molecule has 1 unspecified atom stereocenters. The summed E-state index contributed by atoms with van der Waals surface area (Å²) < 4.78 is 20.1. The zero-order valence-electron chi connectivity index (χ0n) is 16.6. The van der Waals surface area contributed by atoms with Crippen LogP contribution in [0.25, 0.3) is 11.1 Å². The molecule has 1 atom stereocenters. The van der Waals surface area contributed by atoms with Gasteiger partial charge in [0.05, 0.1) is 22.9 Å². The number of halogens is 3. The minimum absolute atomic E-state index is 0.307. The van der Waals surface area contributed by atoms with Crippen LogP contribution < -0.4 is 0 Å². The number of amidine groups is 1. The first-order valence-corrected chi connectivity index (χ1v) is 10.5. The first-order valence-electron chi connectivity index (χ1n) is 9.79. The van der Waals surface area contributed by atoms with Gasteiger partial charge in [0, 0.05) is 23.5 Å². The zero-order valence-corrected chi connectivity index (χ0v) is 18.1. The Morgan fingerprint density at radius 1 is 0.969 bits per heavy atom. The quantitative estimate of drug-likeness (QED) is 0.328. The second kappa shape index (κ2) is 8.65. The van der Waals surface area contributed by atoms with E-state index in [4.69, 9.17) is 32.5 Å². The molecular formula is C24H16Cl2FN3O2. The van der Waals surface area contributed by atoms with Crippen LogP contribution in [0.3, 0.4) is 0 Å². The first-order chi connectivity index (χ1) is 15.6. The Morgan fingerprint density at radius 3 is 2.62 bits per heavy atom. The smallest absolute Gasteiger partial charge is 0.227 e. The van der Waals surface area contributed by atoms with E-state index in [1.807, 2.05) is 11.0 Å². The summed E-state index contributed by atoms with van der Waals surface area (Å²) in [6.45, 7) is 0.335. The standard InChI is InChI=1S/C24H16Cl2FN3O2/c25-19-8-7-15(12-20(19)26)24-30(23(29-32-24)22-6-3-11-31-22)14-16-13-28-10-9-17(16)18-4-1-2-5-21(18)27/h1-13,24H,14H2. The fourth-order valence-corrected chi connectivity index (χ4v) is 3.96. The van der Waals surface area contributed by atoms with Crippen molar-refractivity contribution in [2.24, 2.45) is 5.16 Å². The maximum atomic E-state index is 14.6. The van der Waals surface area contributed by atoms with Crippen LogP contribution in [0.15, 0.2) is 88.9 Å². The van der Waals surface area contributed by atoms with E-state index in [2.05, 4.69) is 10.1 Å². The molecule has 5 rings (SSSR count). The molecule has 4 aromatic rings. The van der Waals surface area contributed by atoms with E-state index in [-0.39, 0.29) is 5.82 Å². The molecule has 2 aromatic carbocycles. The highest BCUT2D eigenvalue weighted by atomic mass is 35.5. The fourth-order valence-electron chi connectivity index (χ4n) is 3.66. The summed E-state index contributed by atoms with van der Waals surface area (Å²) in [5, 5.41) is 5.12. The lowest BCUT2D eigenvalue weighted by molar-refractivity contribution is 0.00576. The van der Waals surface area contributed by atoms with Gasteiger partial charge in [0.25, 0.3) is 0 Å². The Labute approximate surface area is 193 Å². The van der Waals surface area contributed by atoms with Crippen LogP contribution in [0.2, 0.25) is 10.0 Å². The second-order valence-electron chi connectivity index (χ2n) is 7.16. The maximum Gasteiger partial charge on any atom is 0.227 e. The Kier molecular flexibility index (Phi) is 5.55. The monoisotopic (exact) mass is 467 g/mol. The van der Waals surface area contributed by atoms with E-state index in [1.54, 1.807) is 67.2 Å². The van der Waals surface area contributed by atoms with Crippen molar-refractivity contribution < 1.29 is 13.6 Å². The molecule has 0 radical (unpaired) electrons. The molecule has 5 nitrogen and oxygen atoms in total. The van der Waals surface area contributed by atoms with Gasteiger partial charge in [-0.05, 0) is 47.5 Å². The predicted octanol–water partition coefficient (Wildman–Crippen LogP) is 6.68. The molecule has 8 heteroatoms. The number of hydrogen-bond donors (Lipinski definition) is 0. The van der Waals surface area contributed by atoms with E-state index in [9.17, 15) is 4.39 Å². The molecule has 3 heterocycles. The summed E-state index contributed by atoms with van der Waals surface area (Å²) in [5.74, 6) is 0.747. The lowest BCUT2D eigenvalue weighted by Gasteiger charge is -2.26. The van der Waals surface area contributed by atoms with Crippen molar-refractivity contribution in [1.82, 2.24) is 9.88 Å². The Bertz CT molecular complexity index is 1290. The van der Waals surface area contributed by atoms with Crippen molar-refractivity contribution in [3.63, 3.8) is 0 Å². The van der Waals surface area contributed by atoms with Crippen molar-refractivity contribution in [2.45, 2.75) is 12.8 Å². The third kappa shape index (κ3) is 3.83. The van der Waals surface area contributed by atoms with Gasteiger partial charge < -0.3 is 14.2 Å². The van der Waals surface area contributed by atoms with E-state index in [0.717, 1.165) is 16.7 Å². The number of benzene rings is 2. The molecule has 1 aliphatic rings. The second-order valence-corrected chi connectivity index (χ2v) is 7.98. The number of rotatable bonds is 5. The Balaban J connectivity index is 1.56. The number of furan rings is 1. The largest absolute Gasteiger partial charge is 0.461 e. The van der Waals surface area contributed by atoms with E-state index >= 15 is 0 Å². The number of hydrogen-bond acceptors (Lipinski definition) is 5. The molecule has 0 N–H and O–H groups in total. The third-order valence-corrected chi connectivity index (χ3v) is 5.91. The average molecular weight is 468 g/mol. The van der Waals surface area contributed by atoms with Crippen LogP contribution in [0.1, 0.15) is 23.1 Å². The molecule has 32 heavy (non-hydrogen) atoms. The van der Waals surface area contributed by atoms with Gasteiger partial charge in [-0.3, -0.25) is 4.98 Å². The highest BCUT2D eigenvalue weighted by molar-refractivity contribution is 6.42. The summed E-state index contributed by atoms with van der Waals surface area (Å²) in [6.07, 6.45) is 4.34. The van der Waals surface area contributed by atoms with E-state index in [0.29, 0.717) is 33.7 Å². The minimum atomic E-state index is -0.585. The van der Waals surface area contributed by atoms with Crippen molar-refractivity contribution >= 4 is 29.0 Å². The lowest BCUT2D eigenvalue weighted by Crippen LogP contribution is -2.31. The van der Waals surface area contributed by atoms with Gasteiger partial charge in [-0.1, -0.05) is 52.6 Å². The molecule has 0 bridgehead atoms. The van der Waals surface area contributed by atoms with Gasteiger partial charge in [-0.2, -0.15) is 0 Å². The number of nitrogens with zero attached hydrogens (tertiary/aromatic N) is 3. The SMILES string of the molecule is Fc1ccccc1-c1ccncc1CN1C(c2ccco2)=NOC1c1ccc(Cl)c(Cl)c1.